The van der Waals surface area contributed by atoms with Crippen molar-refractivity contribution in [2.45, 2.75) is 78.7 Å². The van der Waals surface area contributed by atoms with E-state index in [2.05, 4.69) is 44.6 Å². The fraction of sp³-hybridized carbons (Fsp3) is 0.812. The molecule has 1 saturated heterocycles. The van der Waals surface area contributed by atoms with Crippen LogP contribution in [0.1, 0.15) is 63.0 Å². The van der Waals surface area contributed by atoms with E-state index < -0.39 is 0 Å². The molecule has 20 heavy (non-hydrogen) atoms. The standard InChI is InChI=1S/C16H29N3O/c1-6-9-17-12(3)16-13(4)18-19(14(16)5)10-15-8-7-11(2)20-15/h11-12,15,17H,6-10H2,1-5H3. The number of nitrogens with one attached hydrogen (secondary N) is 1. The van der Waals surface area contributed by atoms with Crippen molar-refractivity contribution in [2.24, 2.45) is 0 Å². The van der Waals surface area contributed by atoms with Gasteiger partial charge in [-0.1, -0.05) is 6.92 Å². The molecule has 2 rings (SSSR count). The maximum absolute atomic E-state index is 5.92. The van der Waals surface area contributed by atoms with Gasteiger partial charge in [0.1, 0.15) is 0 Å². The molecule has 0 radical (unpaired) electrons. The van der Waals surface area contributed by atoms with Gasteiger partial charge in [-0.15, -0.1) is 0 Å². The molecular formula is C16H29N3O. The zero-order valence-electron chi connectivity index (χ0n) is 13.6. The van der Waals surface area contributed by atoms with Gasteiger partial charge in [0.15, 0.2) is 0 Å². The smallest absolute Gasteiger partial charge is 0.0775 e. The van der Waals surface area contributed by atoms with Gasteiger partial charge in [0.05, 0.1) is 24.4 Å². The number of hydrogen-bond acceptors (Lipinski definition) is 3. The Balaban J connectivity index is 2.07. The van der Waals surface area contributed by atoms with E-state index in [4.69, 9.17) is 9.84 Å². The summed E-state index contributed by atoms with van der Waals surface area (Å²) in [7, 11) is 0. The number of rotatable bonds is 6. The zero-order valence-corrected chi connectivity index (χ0v) is 13.6. The molecule has 2 heterocycles. The lowest BCUT2D eigenvalue weighted by molar-refractivity contribution is 0.0432. The summed E-state index contributed by atoms with van der Waals surface area (Å²) in [6.45, 7) is 12.8. The van der Waals surface area contributed by atoms with Crippen LogP contribution in [-0.4, -0.2) is 28.5 Å². The summed E-state index contributed by atoms with van der Waals surface area (Å²) in [5, 5.41) is 8.28. The van der Waals surface area contributed by atoms with Gasteiger partial charge in [-0.3, -0.25) is 4.68 Å². The molecule has 1 aliphatic heterocycles. The van der Waals surface area contributed by atoms with Crippen molar-refractivity contribution in [3.8, 4) is 0 Å². The Morgan fingerprint density at radius 3 is 2.75 bits per heavy atom. The number of hydrogen-bond donors (Lipinski definition) is 1. The van der Waals surface area contributed by atoms with Crippen molar-refractivity contribution in [1.29, 1.82) is 0 Å². The number of aromatic nitrogens is 2. The third-order valence-corrected chi connectivity index (χ3v) is 4.27. The monoisotopic (exact) mass is 279 g/mol. The maximum atomic E-state index is 5.92. The Labute approximate surface area is 122 Å². The maximum Gasteiger partial charge on any atom is 0.0775 e. The van der Waals surface area contributed by atoms with Gasteiger partial charge >= 0.3 is 0 Å². The highest BCUT2D eigenvalue weighted by atomic mass is 16.5. The average molecular weight is 279 g/mol. The lowest BCUT2D eigenvalue weighted by Gasteiger charge is -2.15. The number of ether oxygens (including phenoxy) is 1. The highest BCUT2D eigenvalue weighted by Gasteiger charge is 2.24. The van der Waals surface area contributed by atoms with Gasteiger partial charge in [-0.25, -0.2) is 0 Å². The van der Waals surface area contributed by atoms with Crippen LogP contribution in [0.25, 0.3) is 0 Å². The van der Waals surface area contributed by atoms with Crippen LogP contribution in [0.5, 0.6) is 0 Å². The molecule has 3 unspecified atom stereocenters. The summed E-state index contributed by atoms with van der Waals surface area (Å²) in [6, 6.07) is 0.368. The molecule has 0 aromatic carbocycles. The molecule has 1 fully saturated rings. The normalized spacial score (nSPS) is 24.2. The van der Waals surface area contributed by atoms with Gasteiger partial charge in [0, 0.05) is 17.3 Å². The van der Waals surface area contributed by atoms with E-state index in [0.29, 0.717) is 18.2 Å². The van der Waals surface area contributed by atoms with E-state index in [1.54, 1.807) is 0 Å². The van der Waals surface area contributed by atoms with Crippen LogP contribution in [0.3, 0.4) is 0 Å². The van der Waals surface area contributed by atoms with Crippen LogP contribution in [0.4, 0.5) is 0 Å². The predicted molar refractivity (Wildman–Crippen MR) is 82.0 cm³/mol. The predicted octanol–water partition coefficient (Wildman–Crippen LogP) is 3.13. The van der Waals surface area contributed by atoms with Crippen LogP contribution in [0, 0.1) is 13.8 Å². The molecule has 0 spiro atoms. The quantitative estimate of drug-likeness (QED) is 0.869. The topological polar surface area (TPSA) is 39.1 Å². The van der Waals surface area contributed by atoms with Gasteiger partial charge in [0.2, 0.25) is 0 Å². The first kappa shape index (κ1) is 15.5. The molecular weight excluding hydrogens is 250 g/mol. The summed E-state index contributed by atoms with van der Waals surface area (Å²) < 4.78 is 8.05. The minimum atomic E-state index is 0.328. The zero-order chi connectivity index (χ0) is 14.7. The second-order valence-electron chi connectivity index (χ2n) is 6.09. The van der Waals surface area contributed by atoms with Crippen molar-refractivity contribution in [3.05, 3.63) is 17.0 Å². The molecule has 114 valence electrons. The van der Waals surface area contributed by atoms with E-state index in [-0.39, 0.29) is 0 Å². The van der Waals surface area contributed by atoms with Crippen LogP contribution < -0.4 is 5.32 Å². The second kappa shape index (κ2) is 6.72. The van der Waals surface area contributed by atoms with Gasteiger partial charge in [0.25, 0.3) is 0 Å². The fourth-order valence-electron chi connectivity index (χ4n) is 3.19. The summed E-state index contributed by atoms with van der Waals surface area (Å²) in [6.07, 6.45) is 4.21. The van der Waals surface area contributed by atoms with E-state index in [1.165, 1.54) is 17.7 Å². The van der Waals surface area contributed by atoms with Crippen LogP contribution in [0.15, 0.2) is 0 Å². The lowest BCUT2D eigenvalue weighted by Crippen LogP contribution is -2.21. The van der Waals surface area contributed by atoms with Crippen molar-refractivity contribution in [1.82, 2.24) is 15.1 Å². The molecule has 0 bridgehead atoms. The molecule has 4 nitrogen and oxygen atoms in total. The van der Waals surface area contributed by atoms with Gasteiger partial charge in [-0.2, -0.15) is 5.10 Å². The van der Waals surface area contributed by atoms with Crippen molar-refractivity contribution >= 4 is 0 Å². The minimum Gasteiger partial charge on any atom is -0.373 e. The molecule has 0 amide bonds. The van der Waals surface area contributed by atoms with Crippen molar-refractivity contribution in [2.75, 3.05) is 6.54 Å². The van der Waals surface area contributed by atoms with Crippen LogP contribution >= 0.6 is 0 Å². The SMILES string of the molecule is CCCNC(C)c1c(C)nn(CC2CCC(C)O2)c1C. The lowest BCUT2D eigenvalue weighted by atomic mass is 10.1. The molecule has 1 aromatic heterocycles. The molecule has 0 saturated carbocycles. The highest BCUT2D eigenvalue weighted by Crippen LogP contribution is 2.24. The van der Waals surface area contributed by atoms with E-state index in [1.807, 2.05) is 0 Å². The molecule has 1 aliphatic rings. The third-order valence-electron chi connectivity index (χ3n) is 4.27. The largest absolute Gasteiger partial charge is 0.373 e. The summed E-state index contributed by atoms with van der Waals surface area (Å²) in [5.74, 6) is 0. The van der Waals surface area contributed by atoms with E-state index in [9.17, 15) is 0 Å². The summed E-state index contributed by atoms with van der Waals surface area (Å²) >= 11 is 0. The highest BCUT2D eigenvalue weighted by molar-refractivity contribution is 5.27. The first-order valence-electron chi connectivity index (χ1n) is 7.95. The van der Waals surface area contributed by atoms with E-state index >= 15 is 0 Å². The Hall–Kier alpha value is -0.870. The Bertz CT molecular complexity index is 441. The van der Waals surface area contributed by atoms with Gasteiger partial charge < -0.3 is 10.1 Å². The van der Waals surface area contributed by atoms with Crippen LogP contribution in [-0.2, 0) is 11.3 Å². The second-order valence-corrected chi connectivity index (χ2v) is 6.09. The van der Waals surface area contributed by atoms with E-state index in [0.717, 1.165) is 31.6 Å². The first-order chi connectivity index (χ1) is 9.52. The molecule has 1 aromatic rings. The number of aryl methyl sites for hydroxylation is 1. The van der Waals surface area contributed by atoms with Crippen LogP contribution in [0.2, 0.25) is 0 Å². The molecule has 0 aliphatic carbocycles. The van der Waals surface area contributed by atoms with Gasteiger partial charge in [-0.05, 0) is 53.5 Å². The molecule has 3 atom stereocenters. The minimum absolute atomic E-state index is 0.328. The Kier molecular flexibility index (Phi) is 5.22. The Morgan fingerprint density at radius 1 is 1.40 bits per heavy atom. The summed E-state index contributed by atoms with van der Waals surface area (Å²) in [4.78, 5) is 0. The fourth-order valence-corrected chi connectivity index (χ4v) is 3.19. The van der Waals surface area contributed by atoms with Crippen molar-refractivity contribution < 1.29 is 4.74 Å². The molecule has 1 N–H and O–H groups in total. The number of nitrogens with zero attached hydrogens (tertiary/aromatic N) is 2. The van der Waals surface area contributed by atoms with Crippen molar-refractivity contribution in [3.63, 3.8) is 0 Å². The first-order valence-corrected chi connectivity index (χ1v) is 7.95. The average Bonchev–Trinajstić information content (AvgIpc) is 2.92. The third kappa shape index (κ3) is 3.41. The summed E-state index contributed by atoms with van der Waals surface area (Å²) in [5.41, 5.74) is 3.77. The Morgan fingerprint density at radius 2 is 2.15 bits per heavy atom. The molecule has 4 heteroatoms.